The van der Waals surface area contributed by atoms with E-state index in [1.165, 1.54) is 25.7 Å². The molecule has 3 heterocycles. The van der Waals surface area contributed by atoms with Gasteiger partial charge in [-0.15, -0.1) is 0 Å². The predicted octanol–water partition coefficient (Wildman–Crippen LogP) is 15.6. The Hall–Kier alpha value is -5.93. The van der Waals surface area contributed by atoms with Crippen molar-refractivity contribution < 1.29 is 23.8 Å². The lowest BCUT2D eigenvalue weighted by Gasteiger charge is -2.47. The number of piperazine rings is 1. The smallest absolute Gasteiger partial charge is 0.326 e. The normalized spacial score (nSPS) is 17.9. The third kappa shape index (κ3) is 14.9. The minimum Gasteiger partial charge on any atom is -0.493 e. The van der Waals surface area contributed by atoms with Crippen LogP contribution in [0.2, 0.25) is 10.0 Å². The van der Waals surface area contributed by atoms with E-state index < -0.39 is 11.1 Å². The van der Waals surface area contributed by atoms with Crippen molar-refractivity contribution in [3.8, 4) is 17.2 Å². The Bertz CT molecular complexity index is 3170. The first-order chi connectivity index (χ1) is 39.3. The summed E-state index contributed by atoms with van der Waals surface area (Å²) < 4.78 is 19.4. The molecule has 438 valence electrons. The third-order valence-corrected chi connectivity index (χ3v) is 17.3. The Balaban J connectivity index is 0.761. The van der Waals surface area contributed by atoms with Crippen LogP contribution < -0.4 is 24.8 Å². The maximum absolute atomic E-state index is 15.5. The van der Waals surface area contributed by atoms with Crippen LogP contribution in [0.5, 0.6) is 17.2 Å². The molecule has 1 saturated heterocycles. The lowest BCUT2D eigenvalue weighted by molar-refractivity contribution is -0.121. The number of aliphatic imine (C=N–C) groups is 1. The molecule has 0 aliphatic carbocycles. The van der Waals surface area contributed by atoms with Crippen molar-refractivity contribution in [2.45, 2.75) is 142 Å². The summed E-state index contributed by atoms with van der Waals surface area (Å²) in [6.07, 6.45) is 10.5. The zero-order chi connectivity index (χ0) is 58.6. The average molecular weight is 1220 g/mol. The molecule has 0 bridgehead atoms. The first-order valence-electron chi connectivity index (χ1n) is 29.3. The number of anilines is 1. The zero-order valence-corrected chi connectivity index (χ0v) is 52.6. The van der Waals surface area contributed by atoms with Gasteiger partial charge in [0.1, 0.15) is 34.3 Å². The van der Waals surface area contributed by atoms with Crippen LogP contribution in [0.15, 0.2) is 113 Å². The zero-order valence-electron chi connectivity index (χ0n) is 49.5. The maximum Gasteiger partial charge on any atom is 0.326 e. The fraction of sp³-hybridized carbons (Fsp3) is 0.470. The van der Waals surface area contributed by atoms with Gasteiger partial charge in [-0.1, -0.05) is 147 Å². The topological polar surface area (TPSA) is 134 Å². The summed E-state index contributed by atoms with van der Waals surface area (Å²) in [7, 11) is 1.67. The highest BCUT2D eigenvalue weighted by Gasteiger charge is 2.60. The molecule has 6 aromatic rings. The Labute approximate surface area is 505 Å². The van der Waals surface area contributed by atoms with E-state index in [-0.39, 0.29) is 23.4 Å². The number of nitrogens with one attached hydrogen (secondary N) is 2. The number of ether oxygens (including phenoxy) is 3. The number of fused-ring (bicyclic) bond motifs is 1. The number of amides is 3. The van der Waals surface area contributed by atoms with Crippen LogP contribution in [-0.2, 0) is 21.3 Å². The second-order valence-corrected chi connectivity index (χ2v) is 24.9. The molecule has 0 unspecified atom stereocenters. The highest BCUT2D eigenvalue weighted by Crippen LogP contribution is 2.54. The number of carbonyl (C=O) groups is 2. The van der Waals surface area contributed by atoms with Crippen LogP contribution in [0, 0.1) is 6.92 Å². The third-order valence-electron chi connectivity index (χ3n) is 16.3. The number of rotatable bonds is 25. The van der Waals surface area contributed by atoms with E-state index >= 15 is 4.79 Å². The number of hydrogen-bond acceptors (Lipinski definition) is 10. The number of methoxy groups -OCH3 is 1. The number of aromatic nitrogens is 2. The van der Waals surface area contributed by atoms with Gasteiger partial charge in [0.05, 0.1) is 37.4 Å². The predicted molar refractivity (Wildman–Crippen MR) is 337 cm³/mol. The first kappa shape index (κ1) is 62.1. The van der Waals surface area contributed by atoms with Gasteiger partial charge < -0.3 is 29.7 Å². The first-order valence-corrected chi connectivity index (χ1v) is 30.9. The highest BCUT2D eigenvalue weighted by atomic mass is 79.9. The molecular formula is C66H83BrCl2N8O5. The minimum absolute atomic E-state index is 0.0355. The molecule has 0 saturated carbocycles. The summed E-state index contributed by atoms with van der Waals surface area (Å²) in [5, 5.41) is 8.84. The fourth-order valence-corrected chi connectivity index (χ4v) is 11.9. The quantitative estimate of drug-likeness (QED) is 0.0537. The molecule has 16 heteroatoms. The molecule has 3 atom stereocenters. The van der Waals surface area contributed by atoms with Crippen molar-refractivity contribution in [2.24, 2.45) is 4.99 Å². The van der Waals surface area contributed by atoms with E-state index in [0.717, 1.165) is 81.1 Å². The molecule has 1 aromatic heterocycles. The molecule has 2 aliphatic heterocycles. The number of halogens is 3. The Morgan fingerprint density at radius 1 is 0.756 bits per heavy atom. The SMILES string of the molecule is CCOc1cc(C(C)(C)C)ccc1C1=N[C@@](C)(c2ccc(Cl)cc2)[C@@](C)(c2ccc(Cl)cc2)N1C(=O)N1CCN(CCC(=O)NCCCCCCCCCCCOc2cc3nc(C)nc(N[C@H](C)c4cccc(Br)c4)c3cc2OC)CC1. The number of benzene rings is 5. The number of urea groups is 1. The summed E-state index contributed by atoms with van der Waals surface area (Å²) in [5.74, 6) is 4.08. The second-order valence-electron chi connectivity index (χ2n) is 23.1. The number of carbonyl (C=O) groups excluding carboxylic acids is 2. The lowest BCUT2D eigenvalue weighted by atomic mass is 9.71. The fourth-order valence-electron chi connectivity index (χ4n) is 11.2. The van der Waals surface area contributed by atoms with Gasteiger partial charge in [-0.3, -0.25) is 19.6 Å². The average Bonchev–Trinajstić information content (AvgIpc) is 3.14. The van der Waals surface area contributed by atoms with Gasteiger partial charge in [-0.25, -0.2) is 14.8 Å². The van der Waals surface area contributed by atoms with Crippen molar-refractivity contribution >= 4 is 73.6 Å². The van der Waals surface area contributed by atoms with Crippen LogP contribution in [0.4, 0.5) is 10.6 Å². The molecule has 13 nitrogen and oxygen atoms in total. The number of hydrogen-bond donors (Lipinski definition) is 2. The van der Waals surface area contributed by atoms with E-state index in [1.807, 2.05) is 96.4 Å². The van der Waals surface area contributed by atoms with E-state index in [2.05, 4.69) is 103 Å². The summed E-state index contributed by atoms with van der Waals surface area (Å²) in [4.78, 5) is 49.7. The van der Waals surface area contributed by atoms with E-state index in [9.17, 15) is 4.79 Å². The molecule has 3 amide bonds. The van der Waals surface area contributed by atoms with Crippen molar-refractivity contribution in [3.05, 3.63) is 151 Å². The van der Waals surface area contributed by atoms with Gasteiger partial charge in [-0.2, -0.15) is 0 Å². The van der Waals surface area contributed by atoms with Crippen LogP contribution in [0.1, 0.15) is 152 Å². The number of amidine groups is 1. The summed E-state index contributed by atoms with van der Waals surface area (Å²) >= 11 is 16.6. The monoisotopic (exact) mass is 1220 g/mol. The van der Waals surface area contributed by atoms with Crippen LogP contribution >= 0.6 is 39.1 Å². The van der Waals surface area contributed by atoms with Crippen molar-refractivity contribution in [2.75, 3.05) is 64.9 Å². The van der Waals surface area contributed by atoms with Crippen molar-refractivity contribution in [1.29, 1.82) is 0 Å². The molecule has 5 aromatic carbocycles. The molecule has 2 aliphatic rings. The Morgan fingerprint density at radius 3 is 2.04 bits per heavy atom. The largest absolute Gasteiger partial charge is 0.493 e. The summed E-state index contributed by atoms with van der Waals surface area (Å²) in [5.41, 5.74) is 3.52. The van der Waals surface area contributed by atoms with Gasteiger partial charge >= 0.3 is 6.03 Å². The van der Waals surface area contributed by atoms with Crippen molar-refractivity contribution in [1.82, 2.24) is 30.0 Å². The molecule has 2 N–H and O–H groups in total. The number of unbranched alkanes of at least 4 members (excludes halogenated alkanes) is 8. The van der Waals surface area contributed by atoms with E-state index in [0.29, 0.717) is 97.9 Å². The second kappa shape index (κ2) is 28.1. The summed E-state index contributed by atoms with van der Waals surface area (Å²) in [6.45, 7) is 21.4. The van der Waals surface area contributed by atoms with Gasteiger partial charge in [-0.05, 0) is 130 Å². The van der Waals surface area contributed by atoms with Crippen LogP contribution in [0.25, 0.3) is 10.9 Å². The van der Waals surface area contributed by atoms with E-state index in [1.54, 1.807) is 7.11 Å². The van der Waals surface area contributed by atoms with E-state index in [4.69, 9.17) is 52.4 Å². The molecule has 8 rings (SSSR count). The Kier molecular flexibility index (Phi) is 21.3. The molecule has 82 heavy (non-hydrogen) atoms. The van der Waals surface area contributed by atoms with Gasteiger partial charge in [0.2, 0.25) is 5.91 Å². The molecule has 0 spiro atoms. The summed E-state index contributed by atoms with van der Waals surface area (Å²) in [6, 6.07) is 33.8. The highest BCUT2D eigenvalue weighted by molar-refractivity contribution is 9.10. The Morgan fingerprint density at radius 2 is 1.40 bits per heavy atom. The lowest BCUT2D eigenvalue weighted by Crippen LogP contribution is -2.60. The van der Waals surface area contributed by atoms with Gasteiger partial charge in [0.25, 0.3) is 0 Å². The van der Waals surface area contributed by atoms with Crippen LogP contribution in [0.3, 0.4) is 0 Å². The molecule has 0 radical (unpaired) electrons. The molecule has 1 fully saturated rings. The van der Waals surface area contributed by atoms with Gasteiger partial charge in [0, 0.05) is 71.7 Å². The maximum atomic E-state index is 15.5. The van der Waals surface area contributed by atoms with Gasteiger partial charge in [0.15, 0.2) is 11.5 Å². The number of aryl methyl sites for hydroxylation is 1. The van der Waals surface area contributed by atoms with Crippen LogP contribution in [-0.4, -0.2) is 102 Å². The minimum atomic E-state index is -1.02. The number of nitrogens with zero attached hydrogens (tertiary/aromatic N) is 6. The molecular weight excluding hydrogens is 1140 g/mol. The van der Waals surface area contributed by atoms with Crippen molar-refractivity contribution in [3.63, 3.8) is 0 Å². The standard InChI is InChI=1S/C66H83BrCl2N8O5/c1-10-81-57-42-50(64(4,5)6)27-32-54(57)62-74-65(7,48-23-28-52(68)29-24-48)66(8,49-25-30-53(69)31-26-49)77(62)63(79)76-38-36-75(37-39-76)35-33-60(78)70-34-18-16-14-12-11-13-15-17-19-40-82-59-44-56-55(43-58(59)80-9)61(73-46(3)72-56)71-45(2)47-21-20-22-51(67)41-47/h20-32,41-45H,10-19,33-40H2,1-9H3,(H,70,78)(H,71,72,73)/t45-,65+,66-/m1/s1.